The van der Waals surface area contributed by atoms with Crippen molar-refractivity contribution in [3.05, 3.63) is 88.6 Å². The Morgan fingerprint density at radius 3 is 2.49 bits per heavy atom. The second-order valence-electron chi connectivity index (χ2n) is 7.52. The van der Waals surface area contributed by atoms with Crippen LogP contribution in [0.15, 0.2) is 81.8 Å². The Balaban J connectivity index is 1.56. The summed E-state index contributed by atoms with van der Waals surface area (Å²) in [5.41, 5.74) is 1.92. The second kappa shape index (κ2) is 9.07. The maximum absolute atomic E-state index is 13.8. The van der Waals surface area contributed by atoms with Gasteiger partial charge < -0.3 is 15.2 Å². The number of benzene rings is 3. The van der Waals surface area contributed by atoms with E-state index in [2.05, 4.69) is 15.5 Å². The molecule has 2 aliphatic rings. The third kappa shape index (κ3) is 4.38. The highest BCUT2D eigenvalue weighted by atomic mass is 32.2. The maximum Gasteiger partial charge on any atom is 0.276 e. The summed E-state index contributed by atoms with van der Waals surface area (Å²) in [5, 5.41) is 20.7. The highest BCUT2D eigenvalue weighted by Gasteiger charge is 2.35. The number of methoxy groups -OCH3 is 1. The number of amides is 2. The van der Waals surface area contributed by atoms with Crippen molar-refractivity contribution in [3.63, 3.8) is 0 Å². The van der Waals surface area contributed by atoms with Crippen LogP contribution in [0.5, 0.6) is 11.5 Å². The molecule has 0 spiro atoms. The first kappa shape index (κ1) is 22.4. The molecule has 1 fully saturated rings. The molecule has 2 amide bonds. The molecule has 0 radical (unpaired) electrons. The first-order chi connectivity index (χ1) is 16.9. The molecular weight excluding hydrogens is 471 g/mol. The van der Waals surface area contributed by atoms with Crippen molar-refractivity contribution in [2.45, 2.75) is 0 Å². The largest absolute Gasteiger partial charge is 0.508 e. The third-order valence-electron chi connectivity index (χ3n) is 5.26. The van der Waals surface area contributed by atoms with Gasteiger partial charge in [0.05, 0.1) is 23.4 Å². The Morgan fingerprint density at radius 2 is 1.77 bits per heavy atom. The van der Waals surface area contributed by atoms with Gasteiger partial charge in [0.15, 0.2) is 5.71 Å². The molecule has 10 heteroatoms. The summed E-state index contributed by atoms with van der Waals surface area (Å²) in [6.07, 6.45) is 1.67. The van der Waals surface area contributed by atoms with E-state index >= 15 is 0 Å². The summed E-state index contributed by atoms with van der Waals surface area (Å²) >= 11 is 1.08. The van der Waals surface area contributed by atoms with E-state index < -0.39 is 11.7 Å². The summed E-state index contributed by atoms with van der Waals surface area (Å²) in [6.45, 7) is 0. The Labute approximate surface area is 203 Å². The average molecular weight is 489 g/mol. The predicted octanol–water partition coefficient (Wildman–Crippen LogP) is 4.37. The lowest BCUT2D eigenvalue weighted by Gasteiger charge is -2.15. The second-order valence-corrected chi connectivity index (χ2v) is 8.53. The van der Waals surface area contributed by atoms with Crippen molar-refractivity contribution in [1.82, 2.24) is 0 Å². The number of carbonyl (C=O) groups is 2. The molecule has 174 valence electrons. The first-order valence-corrected chi connectivity index (χ1v) is 11.2. The molecule has 0 aliphatic carbocycles. The number of halogens is 1. The minimum atomic E-state index is -0.514. The number of fused-ring (bicyclic) bond motifs is 1. The Morgan fingerprint density at radius 1 is 1.03 bits per heavy atom. The van der Waals surface area contributed by atoms with E-state index in [1.165, 1.54) is 35.2 Å². The summed E-state index contributed by atoms with van der Waals surface area (Å²) in [5.74, 6) is -0.630. The van der Waals surface area contributed by atoms with Gasteiger partial charge in [-0.3, -0.25) is 14.5 Å². The van der Waals surface area contributed by atoms with Crippen molar-refractivity contribution >= 4 is 51.9 Å². The monoisotopic (exact) mass is 488 g/mol. The molecule has 0 aromatic heterocycles. The van der Waals surface area contributed by atoms with E-state index in [-0.39, 0.29) is 22.5 Å². The number of aromatic hydroxyl groups is 1. The van der Waals surface area contributed by atoms with Crippen LogP contribution in [0.4, 0.5) is 15.8 Å². The number of carbonyl (C=O) groups excluding carboxylic acids is 2. The van der Waals surface area contributed by atoms with Crippen LogP contribution in [-0.2, 0) is 9.59 Å². The van der Waals surface area contributed by atoms with Crippen LogP contribution < -0.4 is 15.0 Å². The highest BCUT2D eigenvalue weighted by molar-refractivity contribution is 8.19. The normalized spacial score (nSPS) is 18.5. The molecule has 8 nitrogen and oxygen atoms in total. The lowest BCUT2D eigenvalue weighted by Crippen LogP contribution is -2.28. The number of hydrogen-bond donors (Lipinski definition) is 2. The molecule has 0 bridgehead atoms. The van der Waals surface area contributed by atoms with Gasteiger partial charge in [0.2, 0.25) is 5.17 Å². The highest BCUT2D eigenvalue weighted by Crippen LogP contribution is 2.37. The first-order valence-electron chi connectivity index (χ1n) is 10.4. The van der Waals surface area contributed by atoms with E-state index in [1.807, 2.05) is 0 Å². The molecule has 3 aromatic rings. The van der Waals surface area contributed by atoms with Gasteiger partial charge in [0.1, 0.15) is 17.3 Å². The van der Waals surface area contributed by atoms with Gasteiger partial charge in [-0.2, -0.15) is 0 Å². The zero-order valence-corrected chi connectivity index (χ0v) is 19.0. The zero-order chi connectivity index (χ0) is 24.5. The van der Waals surface area contributed by atoms with Gasteiger partial charge in [-0.25, -0.2) is 4.39 Å². The quantitative estimate of drug-likeness (QED) is 0.419. The predicted molar refractivity (Wildman–Crippen MR) is 133 cm³/mol. The van der Waals surface area contributed by atoms with Crippen molar-refractivity contribution in [1.29, 1.82) is 0 Å². The van der Waals surface area contributed by atoms with Crippen LogP contribution in [-0.4, -0.2) is 34.9 Å². The number of nitrogens with one attached hydrogen (secondary N) is 1. The Kier molecular flexibility index (Phi) is 5.79. The number of thioether (sulfide) groups is 1. The standard InChI is InChI=1S/C25H17FN4O4S/c1-34-18-9-5-16(6-10-18)30-24(33)21(12-14-2-7-17(31)8-3-14)35-25(30)29-28-22-19-13-15(26)4-11-20(19)27-23(22)32/h2-13,31H,1H3,(H,27,28,32). The molecule has 2 aliphatic heterocycles. The molecule has 5 rings (SSSR count). The van der Waals surface area contributed by atoms with Crippen molar-refractivity contribution < 1.29 is 23.8 Å². The third-order valence-corrected chi connectivity index (χ3v) is 6.22. The van der Waals surface area contributed by atoms with E-state index in [0.717, 1.165) is 11.8 Å². The lowest BCUT2D eigenvalue weighted by molar-refractivity contribution is -0.113. The fourth-order valence-electron chi connectivity index (χ4n) is 3.54. The number of nitrogens with zero attached hydrogens (tertiary/aromatic N) is 3. The molecule has 0 atom stereocenters. The molecule has 2 heterocycles. The van der Waals surface area contributed by atoms with Crippen LogP contribution in [0.1, 0.15) is 11.1 Å². The number of rotatable bonds is 4. The molecular formula is C25H17FN4O4S. The molecule has 35 heavy (non-hydrogen) atoms. The number of amidine groups is 1. The maximum atomic E-state index is 13.8. The fourth-order valence-corrected chi connectivity index (χ4v) is 4.47. The van der Waals surface area contributed by atoms with Crippen LogP contribution in [0, 0.1) is 5.82 Å². The van der Waals surface area contributed by atoms with E-state index in [4.69, 9.17) is 4.74 Å². The summed E-state index contributed by atoms with van der Waals surface area (Å²) < 4.78 is 19.0. The van der Waals surface area contributed by atoms with Crippen molar-refractivity contribution in [2.75, 3.05) is 17.3 Å². The van der Waals surface area contributed by atoms with Crippen LogP contribution in [0.3, 0.4) is 0 Å². The Bertz CT molecular complexity index is 1430. The van der Waals surface area contributed by atoms with Gasteiger partial charge in [-0.05, 0) is 78.0 Å². The summed E-state index contributed by atoms with van der Waals surface area (Å²) in [7, 11) is 1.54. The zero-order valence-electron chi connectivity index (χ0n) is 18.2. The minimum absolute atomic E-state index is 0.0503. The molecule has 0 saturated carbocycles. The fraction of sp³-hybridized carbons (Fsp3) is 0.0400. The number of phenols is 1. The number of phenolic OH excluding ortho intramolecular Hbond substituents is 1. The van der Waals surface area contributed by atoms with Crippen LogP contribution in [0.2, 0.25) is 0 Å². The van der Waals surface area contributed by atoms with Crippen molar-refractivity contribution in [3.8, 4) is 11.5 Å². The minimum Gasteiger partial charge on any atom is -0.508 e. The lowest BCUT2D eigenvalue weighted by atomic mass is 10.1. The topological polar surface area (TPSA) is 104 Å². The van der Waals surface area contributed by atoms with Gasteiger partial charge in [-0.1, -0.05) is 12.1 Å². The summed E-state index contributed by atoms with van der Waals surface area (Å²) in [6, 6.07) is 17.1. The van der Waals surface area contributed by atoms with Gasteiger partial charge in [0, 0.05) is 5.56 Å². The van der Waals surface area contributed by atoms with E-state index in [9.17, 15) is 19.1 Å². The van der Waals surface area contributed by atoms with Gasteiger partial charge in [0.25, 0.3) is 11.8 Å². The average Bonchev–Trinajstić information content (AvgIpc) is 3.34. The number of hydrogen-bond acceptors (Lipinski definition) is 7. The van der Waals surface area contributed by atoms with Crippen LogP contribution in [0.25, 0.3) is 6.08 Å². The molecule has 2 N–H and O–H groups in total. The van der Waals surface area contributed by atoms with E-state index in [1.54, 1.807) is 49.6 Å². The van der Waals surface area contributed by atoms with Crippen LogP contribution >= 0.6 is 11.8 Å². The summed E-state index contributed by atoms with van der Waals surface area (Å²) in [4.78, 5) is 27.5. The Hall–Kier alpha value is -4.44. The molecule has 3 aromatic carbocycles. The van der Waals surface area contributed by atoms with E-state index in [0.29, 0.717) is 33.2 Å². The number of anilines is 2. The number of ether oxygens (including phenoxy) is 1. The van der Waals surface area contributed by atoms with Gasteiger partial charge in [-0.15, -0.1) is 10.2 Å². The smallest absolute Gasteiger partial charge is 0.276 e. The van der Waals surface area contributed by atoms with Crippen molar-refractivity contribution in [2.24, 2.45) is 10.2 Å². The molecule has 1 saturated heterocycles. The van der Waals surface area contributed by atoms with Gasteiger partial charge >= 0.3 is 0 Å². The molecule has 0 unspecified atom stereocenters. The SMILES string of the molecule is COc1ccc(N2C(=O)C(=Cc3ccc(O)cc3)SC2=NN=C2C(=O)Nc3ccc(F)cc32)cc1.